The topological polar surface area (TPSA) is 64.0 Å². The SMILES string of the molecule is Cc1csc(=O)n1CCC(=O)NCCc1nc2ccccc2s1. The highest BCUT2D eigenvalue weighted by Gasteiger charge is 2.07. The molecule has 1 amide bonds. The smallest absolute Gasteiger partial charge is 0.307 e. The van der Waals surface area contributed by atoms with Crippen molar-refractivity contribution < 1.29 is 4.79 Å². The molecule has 0 aliphatic carbocycles. The highest BCUT2D eigenvalue weighted by atomic mass is 32.1. The molecule has 0 bridgehead atoms. The van der Waals surface area contributed by atoms with E-state index in [-0.39, 0.29) is 10.8 Å². The fraction of sp³-hybridized carbons (Fsp3) is 0.312. The molecule has 0 atom stereocenters. The van der Waals surface area contributed by atoms with Crippen LogP contribution in [-0.2, 0) is 17.8 Å². The molecule has 0 radical (unpaired) electrons. The summed E-state index contributed by atoms with van der Waals surface area (Å²) in [5, 5.41) is 5.73. The number of carbonyl (C=O) groups is 1. The molecular formula is C16H17N3O2S2. The van der Waals surface area contributed by atoms with Gasteiger partial charge in [0.1, 0.15) is 0 Å². The predicted octanol–water partition coefficient (Wildman–Crippen LogP) is 2.58. The second-order valence-corrected chi connectivity index (χ2v) is 7.16. The van der Waals surface area contributed by atoms with Gasteiger partial charge in [-0.1, -0.05) is 23.5 Å². The lowest BCUT2D eigenvalue weighted by Gasteiger charge is -2.05. The molecule has 120 valence electrons. The van der Waals surface area contributed by atoms with Crippen molar-refractivity contribution in [3.63, 3.8) is 0 Å². The lowest BCUT2D eigenvalue weighted by molar-refractivity contribution is -0.121. The number of nitrogens with zero attached hydrogens (tertiary/aromatic N) is 2. The Morgan fingerprint density at radius 2 is 2.17 bits per heavy atom. The van der Waals surface area contributed by atoms with E-state index in [9.17, 15) is 9.59 Å². The second kappa shape index (κ2) is 7.06. The van der Waals surface area contributed by atoms with Crippen molar-refractivity contribution in [2.75, 3.05) is 6.54 Å². The van der Waals surface area contributed by atoms with E-state index in [0.717, 1.165) is 22.6 Å². The molecule has 0 saturated carbocycles. The molecule has 2 heterocycles. The van der Waals surface area contributed by atoms with Crippen LogP contribution in [0.3, 0.4) is 0 Å². The number of fused-ring (bicyclic) bond motifs is 1. The van der Waals surface area contributed by atoms with Gasteiger partial charge in [-0.15, -0.1) is 11.3 Å². The molecule has 3 aromatic rings. The van der Waals surface area contributed by atoms with E-state index in [4.69, 9.17) is 0 Å². The summed E-state index contributed by atoms with van der Waals surface area (Å²) in [7, 11) is 0. The zero-order valence-corrected chi connectivity index (χ0v) is 14.4. The van der Waals surface area contributed by atoms with Gasteiger partial charge in [0.25, 0.3) is 0 Å². The molecule has 0 aliphatic rings. The Labute approximate surface area is 141 Å². The first-order valence-corrected chi connectivity index (χ1v) is 9.09. The zero-order valence-electron chi connectivity index (χ0n) is 12.7. The van der Waals surface area contributed by atoms with Crippen molar-refractivity contribution in [1.29, 1.82) is 0 Å². The first kappa shape index (κ1) is 15.9. The van der Waals surface area contributed by atoms with Crippen molar-refractivity contribution in [2.45, 2.75) is 26.3 Å². The third kappa shape index (κ3) is 3.86. The van der Waals surface area contributed by atoms with Crippen LogP contribution in [0.25, 0.3) is 10.2 Å². The number of amides is 1. The summed E-state index contributed by atoms with van der Waals surface area (Å²) in [5.41, 5.74) is 1.91. The van der Waals surface area contributed by atoms with Crippen LogP contribution in [0.1, 0.15) is 17.1 Å². The standard InChI is InChI=1S/C16H17N3O2S2/c1-11-10-22-16(21)19(11)9-7-14(20)17-8-6-15-18-12-4-2-3-5-13(12)23-15/h2-5,10H,6-9H2,1H3,(H,17,20). The van der Waals surface area contributed by atoms with Crippen molar-refractivity contribution in [3.8, 4) is 0 Å². The van der Waals surface area contributed by atoms with Crippen LogP contribution in [0.15, 0.2) is 34.4 Å². The fourth-order valence-corrected chi connectivity index (χ4v) is 4.04. The van der Waals surface area contributed by atoms with Gasteiger partial charge in [-0.2, -0.15) is 0 Å². The summed E-state index contributed by atoms with van der Waals surface area (Å²) in [6.07, 6.45) is 1.04. The number of nitrogens with one attached hydrogen (secondary N) is 1. The van der Waals surface area contributed by atoms with Crippen LogP contribution in [0, 0.1) is 6.92 Å². The fourth-order valence-electron chi connectivity index (χ4n) is 2.31. The largest absolute Gasteiger partial charge is 0.356 e. The number of hydrogen-bond donors (Lipinski definition) is 1. The first-order valence-electron chi connectivity index (χ1n) is 7.39. The van der Waals surface area contributed by atoms with E-state index in [0.29, 0.717) is 19.5 Å². The molecule has 2 aromatic heterocycles. The lowest BCUT2D eigenvalue weighted by Crippen LogP contribution is -2.28. The average molecular weight is 347 g/mol. The number of aromatic nitrogens is 2. The van der Waals surface area contributed by atoms with Crippen LogP contribution in [0.5, 0.6) is 0 Å². The van der Waals surface area contributed by atoms with E-state index in [2.05, 4.69) is 16.4 Å². The molecule has 0 fully saturated rings. The lowest BCUT2D eigenvalue weighted by atomic mass is 10.3. The Morgan fingerprint density at radius 3 is 2.91 bits per heavy atom. The van der Waals surface area contributed by atoms with Crippen molar-refractivity contribution in [2.24, 2.45) is 0 Å². The maximum atomic E-state index is 11.9. The molecule has 3 rings (SSSR count). The number of aryl methyl sites for hydroxylation is 1. The summed E-state index contributed by atoms with van der Waals surface area (Å²) in [6.45, 7) is 2.88. The molecule has 0 saturated heterocycles. The average Bonchev–Trinajstić information content (AvgIpc) is 3.08. The van der Waals surface area contributed by atoms with Gasteiger partial charge in [-0.3, -0.25) is 9.59 Å². The minimum Gasteiger partial charge on any atom is -0.356 e. The molecule has 1 aromatic carbocycles. The summed E-state index contributed by atoms with van der Waals surface area (Å²) < 4.78 is 2.80. The van der Waals surface area contributed by atoms with Gasteiger partial charge in [0.15, 0.2) is 0 Å². The number of para-hydroxylation sites is 1. The predicted molar refractivity (Wildman–Crippen MR) is 94.3 cm³/mol. The molecule has 5 nitrogen and oxygen atoms in total. The Morgan fingerprint density at radius 1 is 1.35 bits per heavy atom. The number of hydrogen-bond acceptors (Lipinski definition) is 5. The van der Waals surface area contributed by atoms with E-state index in [1.165, 1.54) is 16.0 Å². The van der Waals surface area contributed by atoms with Crippen LogP contribution in [0.2, 0.25) is 0 Å². The molecular weight excluding hydrogens is 330 g/mol. The van der Waals surface area contributed by atoms with Crippen molar-refractivity contribution in [3.05, 3.63) is 50.0 Å². The quantitative estimate of drug-likeness (QED) is 0.745. The second-order valence-electron chi connectivity index (χ2n) is 5.22. The van der Waals surface area contributed by atoms with Gasteiger partial charge in [0.05, 0.1) is 15.2 Å². The molecule has 0 aliphatic heterocycles. The zero-order chi connectivity index (χ0) is 16.2. The van der Waals surface area contributed by atoms with E-state index >= 15 is 0 Å². The monoisotopic (exact) mass is 347 g/mol. The van der Waals surface area contributed by atoms with Crippen LogP contribution < -0.4 is 10.2 Å². The Balaban J connectivity index is 1.46. The third-order valence-electron chi connectivity index (χ3n) is 3.54. The summed E-state index contributed by atoms with van der Waals surface area (Å²) in [4.78, 5) is 28.0. The van der Waals surface area contributed by atoms with Gasteiger partial charge in [0.2, 0.25) is 5.91 Å². The van der Waals surface area contributed by atoms with Gasteiger partial charge >= 0.3 is 4.87 Å². The molecule has 0 spiro atoms. The first-order chi connectivity index (χ1) is 11.1. The highest BCUT2D eigenvalue weighted by Crippen LogP contribution is 2.21. The number of rotatable bonds is 6. The molecule has 7 heteroatoms. The molecule has 0 unspecified atom stereocenters. The Bertz CT molecular complexity index is 846. The molecule has 1 N–H and O–H groups in total. The van der Waals surface area contributed by atoms with E-state index in [1.807, 2.05) is 30.5 Å². The van der Waals surface area contributed by atoms with Crippen LogP contribution in [0.4, 0.5) is 0 Å². The number of thiazole rings is 2. The molecule has 23 heavy (non-hydrogen) atoms. The summed E-state index contributed by atoms with van der Waals surface area (Å²) in [6, 6.07) is 8.02. The maximum Gasteiger partial charge on any atom is 0.307 e. The van der Waals surface area contributed by atoms with Crippen LogP contribution >= 0.6 is 22.7 Å². The third-order valence-corrected chi connectivity index (χ3v) is 5.52. The summed E-state index contributed by atoms with van der Waals surface area (Å²) in [5.74, 6) is -0.0383. The van der Waals surface area contributed by atoms with Gasteiger partial charge in [0, 0.05) is 37.0 Å². The van der Waals surface area contributed by atoms with E-state index < -0.39 is 0 Å². The van der Waals surface area contributed by atoms with Crippen molar-refractivity contribution in [1.82, 2.24) is 14.9 Å². The van der Waals surface area contributed by atoms with Crippen LogP contribution in [-0.4, -0.2) is 22.0 Å². The van der Waals surface area contributed by atoms with E-state index in [1.54, 1.807) is 15.9 Å². The Hall–Kier alpha value is -1.99. The highest BCUT2D eigenvalue weighted by molar-refractivity contribution is 7.18. The van der Waals surface area contributed by atoms with Crippen molar-refractivity contribution >= 4 is 38.8 Å². The minimum absolute atomic E-state index is 0.00947. The maximum absolute atomic E-state index is 11.9. The van der Waals surface area contributed by atoms with Gasteiger partial charge < -0.3 is 9.88 Å². The summed E-state index contributed by atoms with van der Waals surface area (Å²) >= 11 is 2.83. The normalized spacial score (nSPS) is 11.0. The Kier molecular flexibility index (Phi) is 4.88. The van der Waals surface area contributed by atoms with Gasteiger partial charge in [-0.25, -0.2) is 4.98 Å². The number of benzene rings is 1. The number of carbonyl (C=O) groups excluding carboxylic acids is 1. The van der Waals surface area contributed by atoms with Gasteiger partial charge in [-0.05, 0) is 19.1 Å². The minimum atomic E-state index is -0.0383.